The lowest BCUT2D eigenvalue weighted by Crippen LogP contribution is -2.24. The first-order valence-electron chi connectivity index (χ1n) is 6.42. The third-order valence-electron chi connectivity index (χ3n) is 3.18. The SMILES string of the molecule is Cc1nc2ccccc2n(CCCn2cnnn2)c1=O. The Labute approximate surface area is 114 Å². The largest absolute Gasteiger partial charge is 0.305 e. The van der Waals surface area contributed by atoms with E-state index in [-0.39, 0.29) is 5.56 Å². The van der Waals surface area contributed by atoms with Crippen molar-refractivity contribution in [1.29, 1.82) is 0 Å². The summed E-state index contributed by atoms with van der Waals surface area (Å²) in [5.41, 5.74) is 2.18. The number of hydrogen-bond acceptors (Lipinski definition) is 5. The van der Waals surface area contributed by atoms with Crippen LogP contribution in [0.25, 0.3) is 11.0 Å². The maximum atomic E-state index is 12.2. The number of benzene rings is 1. The number of aryl methyl sites for hydroxylation is 3. The molecule has 0 spiro atoms. The Morgan fingerprint density at radius 1 is 1.20 bits per heavy atom. The molecule has 20 heavy (non-hydrogen) atoms. The van der Waals surface area contributed by atoms with Crippen LogP contribution in [0.1, 0.15) is 12.1 Å². The number of tetrazole rings is 1. The number of aromatic nitrogens is 6. The van der Waals surface area contributed by atoms with Gasteiger partial charge in [-0.15, -0.1) is 5.10 Å². The van der Waals surface area contributed by atoms with Crippen molar-refractivity contribution >= 4 is 11.0 Å². The lowest BCUT2D eigenvalue weighted by Gasteiger charge is -2.10. The zero-order chi connectivity index (χ0) is 13.9. The molecule has 102 valence electrons. The molecule has 0 aliphatic heterocycles. The van der Waals surface area contributed by atoms with Crippen molar-refractivity contribution in [2.45, 2.75) is 26.4 Å². The summed E-state index contributed by atoms with van der Waals surface area (Å²) in [7, 11) is 0. The van der Waals surface area contributed by atoms with Gasteiger partial charge < -0.3 is 4.57 Å². The molecule has 0 saturated carbocycles. The monoisotopic (exact) mass is 270 g/mol. The Bertz CT molecular complexity index is 777. The summed E-state index contributed by atoms with van der Waals surface area (Å²) in [6.07, 6.45) is 2.34. The summed E-state index contributed by atoms with van der Waals surface area (Å²) < 4.78 is 3.42. The zero-order valence-electron chi connectivity index (χ0n) is 11.1. The van der Waals surface area contributed by atoms with E-state index in [9.17, 15) is 4.79 Å². The van der Waals surface area contributed by atoms with Crippen LogP contribution in [0.3, 0.4) is 0 Å². The van der Waals surface area contributed by atoms with Crippen LogP contribution in [0, 0.1) is 6.92 Å². The van der Waals surface area contributed by atoms with Gasteiger partial charge >= 0.3 is 0 Å². The van der Waals surface area contributed by atoms with Gasteiger partial charge in [-0.05, 0) is 35.9 Å². The van der Waals surface area contributed by atoms with Crippen molar-refractivity contribution in [3.63, 3.8) is 0 Å². The maximum Gasteiger partial charge on any atom is 0.272 e. The van der Waals surface area contributed by atoms with E-state index >= 15 is 0 Å². The molecule has 0 saturated heterocycles. The summed E-state index contributed by atoms with van der Waals surface area (Å²) in [5.74, 6) is 0. The van der Waals surface area contributed by atoms with Crippen molar-refractivity contribution in [3.8, 4) is 0 Å². The molecule has 2 aromatic heterocycles. The summed E-state index contributed by atoms with van der Waals surface area (Å²) in [6, 6.07) is 7.67. The van der Waals surface area contributed by atoms with Gasteiger partial charge in [0.2, 0.25) is 0 Å². The van der Waals surface area contributed by atoms with E-state index < -0.39 is 0 Å². The second kappa shape index (κ2) is 5.20. The normalized spacial score (nSPS) is 11.1. The third kappa shape index (κ3) is 2.29. The topological polar surface area (TPSA) is 78.5 Å². The van der Waals surface area contributed by atoms with Crippen molar-refractivity contribution in [2.24, 2.45) is 0 Å². The lowest BCUT2D eigenvalue weighted by molar-refractivity contribution is 0.513. The first-order valence-corrected chi connectivity index (χ1v) is 6.42. The highest BCUT2D eigenvalue weighted by Gasteiger charge is 2.07. The van der Waals surface area contributed by atoms with Gasteiger partial charge in [0.25, 0.3) is 5.56 Å². The molecular weight excluding hydrogens is 256 g/mol. The summed E-state index contributed by atoms with van der Waals surface area (Å²) in [6.45, 7) is 3.03. The fraction of sp³-hybridized carbons (Fsp3) is 0.308. The molecular formula is C13H14N6O. The minimum Gasteiger partial charge on any atom is -0.305 e. The average Bonchev–Trinajstić information content (AvgIpc) is 2.96. The second-order valence-corrected chi connectivity index (χ2v) is 4.57. The Balaban J connectivity index is 1.90. The summed E-state index contributed by atoms with van der Waals surface area (Å²) in [5, 5.41) is 11.0. The van der Waals surface area contributed by atoms with Gasteiger partial charge in [-0.2, -0.15) is 0 Å². The third-order valence-corrected chi connectivity index (χ3v) is 3.18. The highest BCUT2D eigenvalue weighted by atomic mass is 16.1. The lowest BCUT2D eigenvalue weighted by atomic mass is 10.2. The molecule has 0 fully saturated rings. The molecule has 0 amide bonds. The van der Waals surface area contributed by atoms with E-state index in [4.69, 9.17) is 0 Å². The van der Waals surface area contributed by atoms with Gasteiger partial charge in [-0.1, -0.05) is 12.1 Å². The van der Waals surface area contributed by atoms with Crippen molar-refractivity contribution in [2.75, 3.05) is 0 Å². The standard InChI is InChI=1S/C13H14N6O/c1-10-13(20)19(8-4-7-18-9-14-16-17-18)12-6-3-2-5-11(12)15-10/h2-3,5-6,9H,4,7-8H2,1H3. The Hall–Kier alpha value is -2.57. The molecule has 0 radical (unpaired) electrons. The van der Waals surface area contributed by atoms with Gasteiger partial charge in [0.15, 0.2) is 0 Å². The van der Waals surface area contributed by atoms with E-state index in [1.807, 2.05) is 24.3 Å². The minimum atomic E-state index is -0.0413. The van der Waals surface area contributed by atoms with E-state index in [1.54, 1.807) is 22.5 Å². The minimum absolute atomic E-state index is 0.0413. The van der Waals surface area contributed by atoms with Crippen LogP contribution in [0.4, 0.5) is 0 Å². The van der Waals surface area contributed by atoms with E-state index in [0.717, 1.165) is 17.5 Å². The fourth-order valence-electron chi connectivity index (χ4n) is 2.22. The highest BCUT2D eigenvalue weighted by Crippen LogP contribution is 2.10. The number of rotatable bonds is 4. The van der Waals surface area contributed by atoms with Crippen molar-refractivity contribution in [3.05, 3.63) is 46.6 Å². The summed E-state index contributed by atoms with van der Waals surface area (Å²) >= 11 is 0. The molecule has 0 atom stereocenters. The fourth-order valence-corrected chi connectivity index (χ4v) is 2.22. The van der Waals surface area contributed by atoms with Crippen LogP contribution in [0.15, 0.2) is 35.4 Å². The maximum absolute atomic E-state index is 12.2. The van der Waals surface area contributed by atoms with Crippen molar-refractivity contribution < 1.29 is 0 Å². The molecule has 7 heteroatoms. The van der Waals surface area contributed by atoms with Gasteiger partial charge in [0.1, 0.15) is 12.0 Å². The van der Waals surface area contributed by atoms with Crippen LogP contribution in [-0.4, -0.2) is 29.8 Å². The van der Waals surface area contributed by atoms with Crippen LogP contribution in [0.5, 0.6) is 0 Å². The molecule has 0 unspecified atom stereocenters. The Morgan fingerprint density at radius 3 is 2.85 bits per heavy atom. The summed E-state index contributed by atoms with van der Waals surface area (Å²) in [4.78, 5) is 16.6. The van der Waals surface area contributed by atoms with E-state index in [1.165, 1.54) is 0 Å². The van der Waals surface area contributed by atoms with Gasteiger partial charge in [-0.25, -0.2) is 9.67 Å². The van der Waals surface area contributed by atoms with E-state index in [2.05, 4.69) is 20.5 Å². The number of hydrogen-bond donors (Lipinski definition) is 0. The first kappa shape index (κ1) is 12.5. The second-order valence-electron chi connectivity index (χ2n) is 4.57. The molecule has 7 nitrogen and oxygen atoms in total. The van der Waals surface area contributed by atoms with Crippen LogP contribution in [-0.2, 0) is 13.1 Å². The van der Waals surface area contributed by atoms with Crippen molar-refractivity contribution in [1.82, 2.24) is 29.8 Å². The number of nitrogens with zero attached hydrogens (tertiary/aromatic N) is 6. The smallest absolute Gasteiger partial charge is 0.272 e. The number of fused-ring (bicyclic) bond motifs is 1. The Kier molecular flexibility index (Phi) is 3.24. The predicted octanol–water partition coefficient (Wildman–Crippen LogP) is 0.782. The van der Waals surface area contributed by atoms with Gasteiger partial charge in [-0.3, -0.25) is 4.79 Å². The van der Waals surface area contributed by atoms with Gasteiger partial charge in [0.05, 0.1) is 11.0 Å². The predicted molar refractivity (Wildman–Crippen MR) is 73.2 cm³/mol. The van der Waals surface area contributed by atoms with E-state index in [0.29, 0.717) is 18.8 Å². The highest BCUT2D eigenvalue weighted by molar-refractivity contribution is 5.74. The van der Waals surface area contributed by atoms with Gasteiger partial charge in [0, 0.05) is 13.1 Å². The molecule has 0 bridgehead atoms. The molecule has 0 aliphatic rings. The Morgan fingerprint density at radius 2 is 2.05 bits per heavy atom. The average molecular weight is 270 g/mol. The molecule has 0 N–H and O–H groups in total. The van der Waals surface area contributed by atoms with Crippen LogP contribution in [0.2, 0.25) is 0 Å². The zero-order valence-corrected chi connectivity index (χ0v) is 11.1. The number of para-hydroxylation sites is 2. The molecule has 1 aromatic carbocycles. The first-order chi connectivity index (χ1) is 9.75. The molecule has 2 heterocycles. The van der Waals surface area contributed by atoms with Crippen LogP contribution < -0.4 is 5.56 Å². The molecule has 0 aliphatic carbocycles. The molecule has 3 aromatic rings. The van der Waals surface area contributed by atoms with Crippen LogP contribution >= 0.6 is 0 Å². The molecule has 3 rings (SSSR count). The quantitative estimate of drug-likeness (QED) is 0.700.